The first-order chi connectivity index (χ1) is 16.9. The maximum Gasteiger partial charge on any atom is 0.573 e. The highest BCUT2D eigenvalue weighted by Gasteiger charge is 2.44. The number of carbonyl (C=O) groups is 1. The van der Waals surface area contributed by atoms with E-state index in [0.29, 0.717) is 18.7 Å². The van der Waals surface area contributed by atoms with Gasteiger partial charge in [-0.1, -0.05) is 17.7 Å². The zero-order valence-corrected chi connectivity index (χ0v) is 18.9. The number of benzene rings is 1. The number of hydrogen-bond donors (Lipinski definition) is 0. The highest BCUT2D eigenvalue weighted by molar-refractivity contribution is 6.34. The second-order valence-corrected chi connectivity index (χ2v) is 8.77. The van der Waals surface area contributed by atoms with Gasteiger partial charge in [0.2, 0.25) is 0 Å². The molecule has 3 aromatic rings. The number of pyridine rings is 1. The lowest BCUT2D eigenvalue weighted by Crippen LogP contribution is -2.52. The summed E-state index contributed by atoms with van der Waals surface area (Å²) in [5.74, 6) is -0.577. The predicted molar refractivity (Wildman–Crippen MR) is 113 cm³/mol. The van der Waals surface area contributed by atoms with E-state index in [1.54, 1.807) is 4.57 Å². The van der Waals surface area contributed by atoms with Crippen LogP contribution < -0.4 is 4.74 Å². The van der Waals surface area contributed by atoms with Gasteiger partial charge in [0.15, 0.2) is 11.6 Å². The van der Waals surface area contributed by atoms with E-state index < -0.39 is 46.9 Å². The van der Waals surface area contributed by atoms with Crippen LogP contribution in [0.15, 0.2) is 36.5 Å². The van der Waals surface area contributed by atoms with Gasteiger partial charge in [0.05, 0.1) is 28.2 Å². The van der Waals surface area contributed by atoms with Crippen molar-refractivity contribution >= 4 is 17.5 Å². The highest BCUT2D eigenvalue weighted by atomic mass is 35.5. The standard InChI is InChI=1S/C22H16ClF6N5O2/c23-17-13(4-2-5-14(17)21(24,25)26)20(35)34-11-3-1-6-16(34)19-32-31-18(33(19)10-11)15-9-12(7-8-30-15)36-22(27,28)29/h2,4-5,7-9,11,16H,1,3,6,10H2. The molecule has 1 aromatic carbocycles. The van der Waals surface area contributed by atoms with Gasteiger partial charge in [-0.25, -0.2) is 0 Å². The number of piperidine rings is 1. The SMILES string of the molecule is O=C(c1cccc(C(F)(F)F)c1Cl)N1C2CCCC1c1nnc(-c3cc(OC(F)(F)F)ccn3)n1C2. The molecule has 1 amide bonds. The number of nitrogens with zero attached hydrogens (tertiary/aromatic N) is 5. The third-order valence-corrected chi connectivity index (χ3v) is 6.59. The van der Waals surface area contributed by atoms with E-state index >= 15 is 0 Å². The minimum atomic E-state index is -4.88. The van der Waals surface area contributed by atoms with Crippen molar-refractivity contribution < 1.29 is 35.9 Å². The summed E-state index contributed by atoms with van der Waals surface area (Å²) in [6.45, 7) is 0.183. The summed E-state index contributed by atoms with van der Waals surface area (Å²) < 4.78 is 83.6. The van der Waals surface area contributed by atoms with Gasteiger partial charge in [-0.15, -0.1) is 23.4 Å². The molecule has 2 bridgehead atoms. The first-order valence-corrected chi connectivity index (χ1v) is 11.2. The molecule has 2 aliphatic rings. The molecule has 4 heterocycles. The Bertz CT molecular complexity index is 1320. The molecule has 190 valence electrons. The Morgan fingerprint density at radius 3 is 2.58 bits per heavy atom. The van der Waals surface area contributed by atoms with Gasteiger partial charge in [-0.05, 0) is 37.5 Å². The third kappa shape index (κ3) is 4.36. The lowest BCUT2D eigenvalue weighted by molar-refractivity contribution is -0.274. The van der Waals surface area contributed by atoms with Gasteiger partial charge < -0.3 is 14.2 Å². The summed E-state index contributed by atoms with van der Waals surface area (Å²) >= 11 is 6.01. The average molecular weight is 532 g/mol. The third-order valence-electron chi connectivity index (χ3n) is 6.18. The van der Waals surface area contributed by atoms with Crippen molar-refractivity contribution in [1.29, 1.82) is 0 Å². The molecule has 14 heteroatoms. The van der Waals surface area contributed by atoms with E-state index in [1.165, 1.54) is 11.0 Å². The molecule has 2 unspecified atom stereocenters. The summed E-state index contributed by atoms with van der Waals surface area (Å²) in [5, 5.41) is 7.59. The van der Waals surface area contributed by atoms with Crippen molar-refractivity contribution in [1.82, 2.24) is 24.6 Å². The zero-order chi connectivity index (χ0) is 25.8. The van der Waals surface area contributed by atoms with Crippen molar-refractivity contribution in [3.05, 3.63) is 58.5 Å². The number of alkyl halides is 6. The van der Waals surface area contributed by atoms with Gasteiger partial charge in [-0.3, -0.25) is 9.78 Å². The molecule has 0 radical (unpaired) electrons. The number of hydrogen-bond acceptors (Lipinski definition) is 5. The van der Waals surface area contributed by atoms with Crippen LogP contribution in [0.2, 0.25) is 5.02 Å². The molecular formula is C22H16ClF6N5O2. The minimum absolute atomic E-state index is 0.0919. The molecule has 0 N–H and O–H groups in total. The Kier molecular flexibility index (Phi) is 5.85. The van der Waals surface area contributed by atoms with Gasteiger partial charge in [0.1, 0.15) is 11.4 Å². The number of aromatic nitrogens is 4. The Morgan fingerprint density at radius 2 is 1.86 bits per heavy atom. The van der Waals surface area contributed by atoms with Crippen LogP contribution in [-0.2, 0) is 12.7 Å². The summed E-state index contributed by atoms with van der Waals surface area (Å²) in [6, 6.07) is 4.30. The fraction of sp³-hybridized carbons (Fsp3) is 0.364. The van der Waals surface area contributed by atoms with Crippen LogP contribution in [-0.4, -0.2) is 43.0 Å². The van der Waals surface area contributed by atoms with Gasteiger partial charge >= 0.3 is 12.5 Å². The topological polar surface area (TPSA) is 73.1 Å². The second-order valence-electron chi connectivity index (χ2n) is 8.39. The Balaban J connectivity index is 1.50. The van der Waals surface area contributed by atoms with Crippen LogP contribution in [0.4, 0.5) is 26.3 Å². The second kappa shape index (κ2) is 8.64. The van der Waals surface area contributed by atoms with Gasteiger partial charge in [0.25, 0.3) is 5.91 Å². The van der Waals surface area contributed by atoms with E-state index in [1.807, 2.05) is 0 Å². The van der Waals surface area contributed by atoms with Gasteiger partial charge in [0, 0.05) is 18.8 Å². The smallest absolute Gasteiger partial charge is 0.406 e. The fourth-order valence-corrected chi connectivity index (χ4v) is 5.06. The number of halogens is 7. The summed E-state index contributed by atoms with van der Waals surface area (Å²) in [7, 11) is 0. The quantitative estimate of drug-likeness (QED) is 0.408. The molecule has 0 saturated carbocycles. The van der Waals surface area contributed by atoms with Crippen molar-refractivity contribution in [2.45, 2.75) is 50.4 Å². The molecule has 1 fully saturated rings. The largest absolute Gasteiger partial charge is 0.573 e. The lowest BCUT2D eigenvalue weighted by Gasteiger charge is -2.45. The van der Waals surface area contributed by atoms with E-state index in [0.717, 1.165) is 36.9 Å². The van der Waals surface area contributed by atoms with E-state index in [2.05, 4.69) is 19.9 Å². The molecule has 0 spiro atoms. The van der Waals surface area contributed by atoms with Crippen LogP contribution in [0, 0.1) is 0 Å². The average Bonchev–Trinajstić information content (AvgIpc) is 3.20. The fourth-order valence-electron chi connectivity index (χ4n) is 4.75. The van der Waals surface area contributed by atoms with Crippen molar-refractivity contribution in [3.63, 3.8) is 0 Å². The first-order valence-electron chi connectivity index (χ1n) is 10.8. The van der Waals surface area contributed by atoms with Crippen LogP contribution in [0.3, 0.4) is 0 Å². The molecule has 5 rings (SSSR count). The Hall–Kier alpha value is -3.35. The van der Waals surface area contributed by atoms with Crippen LogP contribution in [0.5, 0.6) is 5.75 Å². The van der Waals surface area contributed by atoms with E-state index in [4.69, 9.17) is 11.6 Å². The molecular weight excluding hydrogens is 516 g/mol. The van der Waals surface area contributed by atoms with E-state index in [-0.39, 0.29) is 23.6 Å². The monoisotopic (exact) mass is 531 g/mol. The lowest BCUT2D eigenvalue weighted by atomic mass is 9.90. The minimum Gasteiger partial charge on any atom is -0.406 e. The highest BCUT2D eigenvalue weighted by Crippen LogP contribution is 2.43. The molecule has 7 nitrogen and oxygen atoms in total. The number of amides is 1. The van der Waals surface area contributed by atoms with E-state index in [9.17, 15) is 31.1 Å². The summed E-state index contributed by atoms with van der Waals surface area (Å²) in [6.07, 6.45) is -6.69. The Morgan fingerprint density at radius 1 is 1.08 bits per heavy atom. The molecule has 2 aromatic heterocycles. The zero-order valence-electron chi connectivity index (χ0n) is 18.1. The number of rotatable bonds is 3. The maximum absolute atomic E-state index is 13.5. The molecule has 36 heavy (non-hydrogen) atoms. The number of fused-ring (bicyclic) bond motifs is 4. The van der Waals surface area contributed by atoms with Gasteiger partial charge in [-0.2, -0.15) is 13.2 Å². The van der Waals surface area contributed by atoms with Crippen LogP contribution >= 0.6 is 11.6 Å². The molecule has 2 aliphatic heterocycles. The predicted octanol–water partition coefficient (Wildman–Crippen LogP) is 5.66. The summed E-state index contributed by atoms with van der Waals surface area (Å²) in [4.78, 5) is 19.0. The normalized spacial score (nSPS) is 19.7. The van der Waals surface area contributed by atoms with Crippen molar-refractivity contribution in [2.24, 2.45) is 0 Å². The maximum atomic E-state index is 13.5. The molecule has 1 saturated heterocycles. The van der Waals surface area contributed by atoms with Crippen LogP contribution in [0.1, 0.15) is 47.1 Å². The molecule has 0 aliphatic carbocycles. The number of ether oxygens (including phenoxy) is 1. The van der Waals surface area contributed by atoms with Crippen molar-refractivity contribution in [2.75, 3.05) is 0 Å². The van der Waals surface area contributed by atoms with Crippen LogP contribution in [0.25, 0.3) is 11.5 Å². The van der Waals surface area contributed by atoms with Crippen molar-refractivity contribution in [3.8, 4) is 17.3 Å². The summed E-state index contributed by atoms with van der Waals surface area (Å²) in [5.41, 5.74) is -1.28. The first kappa shape index (κ1) is 24.3. The number of carbonyl (C=O) groups excluding carboxylic acids is 1. The molecule has 2 atom stereocenters. The Labute approximate surface area is 204 Å².